The molecule has 1 aliphatic rings. The lowest BCUT2D eigenvalue weighted by Gasteiger charge is -2.39. The maximum absolute atomic E-state index is 12.7. The largest absolute Gasteiger partial charge is 0.333 e. The molecule has 2 rings (SSSR count). The first-order valence-electron chi connectivity index (χ1n) is 7.75. The van der Waals surface area contributed by atoms with Gasteiger partial charge in [0, 0.05) is 29.8 Å². The number of hydrogen-bond acceptors (Lipinski definition) is 2. The van der Waals surface area contributed by atoms with Crippen LogP contribution in [0.15, 0.2) is 24.3 Å². The van der Waals surface area contributed by atoms with Crippen molar-refractivity contribution in [1.29, 1.82) is 0 Å². The van der Waals surface area contributed by atoms with Crippen molar-refractivity contribution in [3.63, 3.8) is 0 Å². The van der Waals surface area contributed by atoms with Crippen molar-refractivity contribution in [2.24, 2.45) is 0 Å². The third-order valence-electron chi connectivity index (χ3n) is 4.14. The minimum atomic E-state index is -0.0423. The lowest BCUT2D eigenvalue weighted by molar-refractivity contribution is -0.115. The molecule has 2 amide bonds. The van der Waals surface area contributed by atoms with Crippen molar-refractivity contribution in [2.45, 2.75) is 58.5 Å². The van der Waals surface area contributed by atoms with E-state index in [1.165, 1.54) is 6.42 Å². The van der Waals surface area contributed by atoms with E-state index in [-0.39, 0.29) is 23.9 Å². The topological polar surface area (TPSA) is 49.4 Å². The fourth-order valence-corrected chi connectivity index (χ4v) is 2.95. The first-order valence-corrected chi connectivity index (χ1v) is 7.75. The molecule has 2 atom stereocenters. The van der Waals surface area contributed by atoms with Crippen molar-refractivity contribution in [3.05, 3.63) is 29.8 Å². The van der Waals surface area contributed by atoms with Crippen LogP contribution in [0.2, 0.25) is 0 Å². The second-order valence-electron chi connectivity index (χ2n) is 5.82. The van der Waals surface area contributed by atoms with E-state index >= 15 is 0 Å². The summed E-state index contributed by atoms with van der Waals surface area (Å²) < 4.78 is 0. The van der Waals surface area contributed by atoms with Crippen molar-refractivity contribution >= 4 is 17.5 Å². The molecule has 1 heterocycles. The number of likely N-dealkylation sites (tertiary alicyclic amines) is 1. The molecule has 0 saturated carbocycles. The SMILES string of the molecule is CCC(=O)Nc1cccc(C(=O)N2C(C)CCCC2C)c1. The molecular weight excluding hydrogens is 264 g/mol. The van der Waals surface area contributed by atoms with E-state index < -0.39 is 0 Å². The van der Waals surface area contributed by atoms with Gasteiger partial charge in [0.05, 0.1) is 0 Å². The van der Waals surface area contributed by atoms with Gasteiger partial charge in [0.1, 0.15) is 0 Å². The molecule has 0 aromatic heterocycles. The third-order valence-corrected chi connectivity index (χ3v) is 4.14. The zero-order chi connectivity index (χ0) is 15.4. The molecule has 1 aliphatic heterocycles. The van der Waals surface area contributed by atoms with Crippen LogP contribution >= 0.6 is 0 Å². The molecule has 0 spiro atoms. The van der Waals surface area contributed by atoms with Gasteiger partial charge >= 0.3 is 0 Å². The molecule has 21 heavy (non-hydrogen) atoms. The van der Waals surface area contributed by atoms with Crippen LogP contribution < -0.4 is 5.32 Å². The number of carbonyl (C=O) groups excluding carboxylic acids is 2. The average Bonchev–Trinajstić information content (AvgIpc) is 2.47. The van der Waals surface area contributed by atoms with Gasteiger partial charge in [0.15, 0.2) is 0 Å². The number of carbonyl (C=O) groups is 2. The van der Waals surface area contributed by atoms with E-state index in [9.17, 15) is 9.59 Å². The number of anilines is 1. The van der Waals surface area contributed by atoms with Crippen LogP contribution in [0.5, 0.6) is 0 Å². The van der Waals surface area contributed by atoms with Crippen LogP contribution in [-0.4, -0.2) is 28.8 Å². The van der Waals surface area contributed by atoms with Gasteiger partial charge < -0.3 is 10.2 Å². The zero-order valence-corrected chi connectivity index (χ0v) is 13.1. The second kappa shape index (κ2) is 6.74. The number of hydrogen-bond donors (Lipinski definition) is 1. The van der Waals surface area contributed by atoms with E-state index in [2.05, 4.69) is 19.2 Å². The Morgan fingerprint density at radius 1 is 1.24 bits per heavy atom. The summed E-state index contributed by atoms with van der Waals surface area (Å²) in [5.41, 5.74) is 1.33. The summed E-state index contributed by atoms with van der Waals surface area (Å²) in [7, 11) is 0. The summed E-state index contributed by atoms with van der Waals surface area (Å²) in [5, 5.41) is 2.80. The molecule has 0 bridgehead atoms. The maximum atomic E-state index is 12.7. The van der Waals surface area contributed by atoms with E-state index in [1.807, 2.05) is 23.1 Å². The molecule has 1 fully saturated rings. The Balaban J connectivity index is 2.18. The van der Waals surface area contributed by atoms with Crippen LogP contribution in [0.3, 0.4) is 0 Å². The summed E-state index contributed by atoms with van der Waals surface area (Å²) in [6, 6.07) is 7.76. The maximum Gasteiger partial charge on any atom is 0.254 e. The Morgan fingerprint density at radius 2 is 1.90 bits per heavy atom. The minimum absolute atomic E-state index is 0.0423. The van der Waals surface area contributed by atoms with Crippen LogP contribution in [0.25, 0.3) is 0 Å². The van der Waals surface area contributed by atoms with Gasteiger partial charge in [-0.2, -0.15) is 0 Å². The zero-order valence-electron chi connectivity index (χ0n) is 13.1. The highest BCUT2D eigenvalue weighted by molar-refractivity contribution is 5.97. The van der Waals surface area contributed by atoms with Gasteiger partial charge in [0.2, 0.25) is 5.91 Å². The van der Waals surface area contributed by atoms with Crippen LogP contribution in [0.4, 0.5) is 5.69 Å². The molecule has 1 N–H and O–H groups in total. The number of rotatable bonds is 3. The Bertz CT molecular complexity index is 517. The van der Waals surface area contributed by atoms with Crippen LogP contribution in [0.1, 0.15) is 56.8 Å². The van der Waals surface area contributed by atoms with Crippen molar-refractivity contribution < 1.29 is 9.59 Å². The van der Waals surface area contributed by atoms with Crippen LogP contribution in [0, 0.1) is 0 Å². The smallest absolute Gasteiger partial charge is 0.254 e. The molecule has 4 nitrogen and oxygen atoms in total. The summed E-state index contributed by atoms with van der Waals surface area (Å²) in [6.07, 6.45) is 3.72. The van der Waals surface area contributed by atoms with Gasteiger partial charge in [0.25, 0.3) is 5.91 Å². The van der Waals surface area contributed by atoms with E-state index in [0.29, 0.717) is 17.7 Å². The Hall–Kier alpha value is -1.84. The highest BCUT2D eigenvalue weighted by atomic mass is 16.2. The Labute approximate surface area is 126 Å². The Morgan fingerprint density at radius 3 is 2.52 bits per heavy atom. The molecule has 1 aromatic carbocycles. The standard InChI is InChI=1S/C17H24N2O2/c1-4-16(20)18-15-10-6-9-14(11-15)17(21)19-12(2)7-5-8-13(19)3/h6,9-13H,4-5,7-8H2,1-3H3,(H,18,20). The van der Waals surface area contributed by atoms with Crippen molar-refractivity contribution in [3.8, 4) is 0 Å². The fourth-order valence-electron chi connectivity index (χ4n) is 2.95. The molecule has 0 aliphatic carbocycles. The lowest BCUT2D eigenvalue weighted by atomic mass is 9.96. The lowest BCUT2D eigenvalue weighted by Crippen LogP contribution is -2.47. The molecule has 0 radical (unpaired) electrons. The van der Waals surface area contributed by atoms with E-state index in [0.717, 1.165) is 12.8 Å². The third kappa shape index (κ3) is 3.63. The molecular formula is C17H24N2O2. The average molecular weight is 288 g/mol. The Kier molecular flexibility index (Phi) is 4.99. The number of amides is 2. The van der Waals surface area contributed by atoms with E-state index in [4.69, 9.17) is 0 Å². The summed E-state index contributed by atoms with van der Waals surface area (Å²) in [6.45, 7) is 6.02. The first-order chi connectivity index (χ1) is 10.0. The van der Waals surface area contributed by atoms with E-state index in [1.54, 1.807) is 13.0 Å². The first kappa shape index (κ1) is 15.5. The van der Waals surface area contributed by atoms with Gasteiger partial charge in [-0.3, -0.25) is 9.59 Å². The minimum Gasteiger partial charge on any atom is -0.333 e. The number of nitrogens with one attached hydrogen (secondary N) is 1. The predicted octanol–water partition coefficient (Wildman–Crippen LogP) is 3.44. The summed E-state index contributed by atoms with van der Waals surface area (Å²) in [4.78, 5) is 26.2. The van der Waals surface area contributed by atoms with Gasteiger partial charge in [-0.15, -0.1) is 0 Å². The molecule has 4 heteroatoms. The fraction of sp³-hybridized carbons (Fsp3) is 0.529. The summed E-state index contributed by atoms with van der Waals surface area (Å²) >= 11 is 0. The number of piperidine rings is 1. The normalized spacial score (nSPS) is 22.0. The molecule has 114 valence electrons. The van der Waals surface area contributed by atoms with Crippen molar-refractivity contribution in [2.75, 3.05) is 5.32 Å². The monoisotopic (exact) mass is 288 g/mol. The predicted molar refractivity (Wildman–Crippen MR) is 84.3 cm³/mol. The second-order valence-corrected chi connectivity index (χ2v) is 5.82. The highest BCUT2D eigenvalue weighted by Crippen LogP contribution is 2.25. The molecule has 1 aromatic rings. The van der Waals surface area contributed by atoms with Gasteiger partial charge in [-0.25, -0.2) is 0 Å². The highest BCUT2D eigenvalue weighted by Gasteiger charge is 2.29. The van der Waals surface area contributed by atoms with Gasteiger partial charge in [-0.05, 0) is 51.3 Å². The van der Waals surface area contributed by atoms with Gasteiger partial charge in [-0.1, -0.05) is 13.0 Å². The van der Waals surface area contributed by atoms with Crippen molar-refractivity contribution in [1.82, 2.24) is 4.90 Å². The number of nitrogens with zero attached hydrogens (tertiary/aromatic N) is 1. The number of benzene rings is 1. The molecule has 2 unspecified atom stereocenters. The molecule has 1 saturated heterocycles. The quantitative estimate of drug-likeness (QED) is 0.926. The summed E-state index contributed by atoms with van der Waals surface area (Å²) in [5.74, 6) is 0.0154. The van der Waals surface area contributed by atoms with Crippen LogP contribution in [-0.2, 0) is 4.79 Å².